The van der Waals surface area contributed by atoms with E-state index in [1.54, 1.807) is 12.1 Å². The van der Waals surface area contributed by atoms with Crippen LogP contribution < -0.4 is 5.73 Å². The third-order valence-electron chi connectivity index (χ3n) is 3.89. The van der Waals surface area contributed by atoms with E-state index >= 15 is 0 Å². The molecular weight excluding hydrogens is 333 g/mol. The molecule has 0 aliphatic rings. The zero-order chi connectivity index (χ0) is 15.6. The van der Waals surface area contributed by atoms with E-state index in [4.69, 9.17) is 5.73 Å². The monoisotopic (exact) mass is 351 g/mol. The molecule has 0 spiro atoms. The molecule has 0 amide bonds. The van der Waals surface area contributed by atoms with Gasteiger partial charge in [0.25, 0.3) is 0 Å². The van der Waals surface area contributed by atoms with Crippen molar-refractivity contribution in [3.8, 4) is 0 Å². The van der Waals surface area contributed by atoms with Crippen molar-refractivity contribution in [2.24, 2.45) is 5.73 Å². The summed E-state index contributed by atoms with van der Waals surface area (Å²) in [5, 5.41) is 10.6. The molecule has 0 heterocycles. The number of aryl methyl sites for hydroxylation is 2. The zero-order valence-electron chi connectivity index (χ0n) is 12.1. The van der Waals surface area contributed by atoms with Gasteiger partial charge in [-0.25, -0.2) is 4.39 Å². The topological polar surface area (TPSA) is 46.2 Å². The van der Waals surface area contributed by atoms with Crippen LogP contribution in [0.2, 0.25) is 0 Å². The maximum Gasteiger partial charge on any atom is 0.130 e. The van der Waals surface area contributed by atoms with Gasteiger partial charge in [0.2, 0.25) is 0 Å². The van der Waals surface area contributed by atoms with E-state index in [1.165, 1.54) is 11.6 Å². The van der Waals surface area contributed by atoms with Crippen LogP contribution >= 0.6 is 15.9 Å². The smallest absolute Gasteiger partial charge is 0.130 e. The molecule has 0 aromatic heterocycles. The maximum absolute atomic E-state index is 14.0. The molecule has 0 saturated heterocycles. The van der Waals surface area contributed by atoms with E-state index in [-0.39, 0.29) is 18.0 Å². The summed E-state index contributed by atoms with van der Waals surface area (Å²) in [5.74, 6) is -0.781. The number of benzene rings is 2. The quantitative estimate of drug-likeness (QED) is 0.874. The van der Waals surface area contributed by atoms with Crippen molar-refractivity contribution in [1.29, 1.82) is 0 Å². The fraction of sp³-hybridized carbons (Fsp3) is 0.294. The first-order chi connectivity index (χ1) is 9.95. The van der Waals surface area contributed by atoms with Gasteiger partial charge in [-0.15, -0.1) is 0 Å². The summed E-state index contributed by atoms with van der Waals surface area (Å²) in [4.78, 5) is 0. The summed E-state index contributed by atoms with van der Waals surface area (Å²) < 4.78 is 14.6. The number of aliphatic hydroxyl groups is 1. The van der Waals surface area contributed by atoms with Crippen LogP contribution in [0.4, 0.5) is 4.39 Å². The average Bonchev–Trinajstić information content (AvgIpc) is 2.43. The Morgan fingerprint density at radius 1 is 1.19 bits per heavy atom. The minimum absolute atomic E-state index is 0.241. The molecule has 0 radical (unpaired) electrons. The molecule has 0 bridgehead atoms. The lowest BCUT2D eigenvalue weighted by molar-refractivity contribution is 0.142. The van der Waals surface area contributed by atoms with Gasteiger partial charge in [0.1, 0.15) is 5.82 Å². The molecule has 112 valence electrons. The van der Waals surface area contributed by atoms with Crippen molar-refractivity contribution in [1.82, 2.24) is 0 Å². The Morgan fingerprint density at radius 2 is 1.90 bits per heavy atom. The van der Waals surface area contributed by atoms with Crippen LogP contribution in [0.5, 0.6) is 0 Å². The summed E-state index contributed by atoms with van der Waals surface area (Å²) in [6, 6.07) is 10.6. The van der Waals surface area contributed by atoms with E-state index in [9.17, 15) is 9.50 Å². The summed E-state index contributed by atoms with van der Waals surface area (Å²) in [7, 11) is 0. The molecule has 0 saturated carbocycles. The maximum atomic E-state index is 14.0. The van der Waals surface area contributed by atoms with E-state index < -0.39 is 11.9 Å². The van der Waals surface area contributed by atoms with E-state index in [0.29, 0.717) is 4.47 Å². The van der Waals surface area contributed by atoms with E-state index in [1.807, 2.05) is 32.0 Å². The molecule has 4 heteroatoms. The van der Waals surface area contributed by atoms with Gasteiger partial charge < -0.3 is 10.8 Å². The highest BCUT2D eigenvalue weighted by molar-refractivity contribution is 9.10. The molecule has 0 fully saturated rings. The predicted molar refractivity (Wildman–Crippen MR) is 86.8 cm³/mol. The molecule has 2 atom stereocenters. The fourth-order valence-corrected chi connectivity index (χ4v) is 3.01. The largest absolute Gasteiger partial charge is 0.388 e. The van der Waals surface area contributed by atoms with Crippen molar-refractivity contribution in [2.75, 3.05) is 6.54 Å². The van der Waals surface area contributed by atoms with Gasteiger partial charge in [0, 0.05) is 22.5 Å². The van der Waals surface area contributed by atoms with Gasteiger partial charge in [-0.3, -0.25) is 0 Å². The molecule has 0 aliphatic heterocycles. The highest BCUT2D eigenvalue weighted by Crippen LogP contribution is 2.36. The third-order valence-corrected chi connectivity index (χ3v) is 4.58. The Hall–Kier alpha value is -1.23. The second kappa shape index (κ2) is 6.69. The SMILES string of the molecule is Cc1ccc(C(CN)C(O)c2c(F)cccc2Br)cc1C. The second-order valence-corrected chi connectivity index (χ2v) is 6.12. The number of halogens is 2. The molecule has 3 N–H and O–H groups in total. The van der Waals surface area contributed by atoms with Crippen LogP contribution in [0.15, 0.2) is 40.9 Å². The molecule has 0 aliphatic carbocycles. The summed E-state index contributed by atoms with van der Waals surface area (Å²) in [6.45, 7) is 4.28. The van der Waals surface area contributed by atoms with Gasteiger partial charge in [-0.2, -0.15) is 0 Å². The lowest BCUT2D eigenvalue weighted by atomic mass is 9.87. The minimum atomic E-state index is -0.993. The standard InChI is InChI=1S/C17H19BrFNO/c1-10-6-7-12(8-11(10)2)13(9-20)17(21)16-14(18)4-3-5-15(16)19/h3-8,13,17,21H,9,20H2,1-2H3. The predicted octanol–water partition coefficient (Wildman–Crippen LogP) is 3.98. The first kappa shape index (κ1) is 16.1. The molecule has 2 nitrogen and oxygen atoms in total. The van der Waals surface area contributed by atoms with Crippen molar-refractivity contribution >= 4 is 15.9 Å². The molecule has 21 heavy (non-hydrogen) atoms. The Kier molecular flexibility index (Phi) is 5.14. The number of rotatable bonds is 4. The minimum Gasteiger partial charge on any atom is -0.388 e. The van der Waals surface area contributed by atoms with Crippen LogP contribution in [0.3, 0.4) is 0 Å². The zero-order valence-corrected chi connectivity index (χ0v) is 13.7. The van der Waals surface area contributed by atoms with Crippen LogP contribution in [0.1, 0.15) is 34.3 Å². The van der Waals surface area contributed by atoms with Crippen molar-refractivity contribution in [3.63, 3.8) is 0 Å². The van der Waals surface area contributed by atoms with Crippen LogP contribution in [0.25, 0.3) is 0 Å². The Bertz CT molecular complexity index is 624. The molecular formula is C17H19BrFNO. The normalized spacial score (nSPS) is 14.0. The molecule has 2 aromatic rings. The van der Waals surface area contributed by atoms with Crippen LogP contribution in [-0.2, 0) is 0 Å². The lowest BCUT2D eigenvalue weighted by Gasteiger charge is -2.24. The highest BCUT2D eigenvalue weighted by Gasteiger charge is 2.26. The first-order valence-electron chi connectivity index (χ1n) is 6.85. The van der Waals surface area contributed by atoms with Gasteiger partial charge in [-0.05, 0) is 42.7 Å². The third kappa shape index (κ3) is 3.34. The number of aliphatic hydroxyl groups excluding tert-OH is 1. The Labute approximate surface area is 132 Å². The van der Waals surface area contributed by atoms with E-state index in [0.717, 1.165) is 11.1 Å². The van der Waals surface area contributed by atoms with Gasteiger partial charge >= 0.3 is 0 Å². The van der Waals surface area contributed by atoms with E-state index in [2.05, 4.69) is 15.9 Å². The average molecular weight is 352 g/mol. The Balaban J connectivity index is 2.43. The van der Waals surface area contributed by atoms with Crippen LogP contribution in [-0.4, -0.2) is 11.7 Å². The summed E-state index contributed by atoms with van der Waals surface area (Å²) in [6.07, 6.45) is -0.993. The van der Waals surface area contributed by atoms with Gasteiger partial charge in [0.05, 0.1) is 6.10 Å². The van der Waals surface area contributed by atoms with Crippen molar-refractivity contribution < 1.29 is 9.50 Å². The molecule has 2 unspecified atom stereocenters. The fourth-order valence-electron chi connectivity index (χ4n) is 2.44. The number of hydrogen-bond acceptors (Lipinski definition) is 2. The summed E-state index contributed by atoms with van der Waals surface area (Å²) >= 11 is 3.30. The van der Waals surface area contributed by atoms with Crippen LogP contribution in [0, 0.1) is 19.7 Å². The summed E-state index contributed by atoms with van der Waals surface area (Å²) in [5.41, 5.74) is 9.32. The van der Waals surface area contributed by atoms with Gasteiger partial charge in [-0.1, -0.05) is 40.2 Å². The second-order valence-electron chi connectivity index (χ2n) is 5.27. The number of nitrogens with two attached hydrogens (primary N) is 1. The Morgan fingerprint density at radius 3 is 2.48 bits per heavy atom. The molecule has 2 aromatic carbocycles. The van der Waals surface area contributed by atoms with Crippen molar-refractivity contribution in [2.45, 2.75) is 25.9 Å². The first-order valence-corrected chi connectivity index (χ1v) is 7.64. The lowest BCUT2D eigenvalue weighted by Crippen LogP contribution is -2.21. The highest BCUT2D eigenvalue weighted by atomic mass is 79.9. The van der Waals surface area contributed by atoms with Crippen molar-refractivity contribution in [3.05, 3.63) is 68.9 Å². The molecule has 2 rings (SSSR count). The number of hydrogen-bond donors (Lipinski definition) is 2. The van der Waals surface area contributed by atoms with Gasteiger partial charge in [0.15, 0.2) is 0 Å².